The fraction of sp³-hybridized carbons (Fsp3) is 0.438. The lowest BCUT2D eigenvalue weighted by molar-refractivity contribution is 0.440. The zero-order chi connectivity index (χ0) is 11.9. The first kappa shape index (κ1) is 10.4. The average molecular weight is 238 g/mol. The Labute approximate surface area is 107 Å². The van der Waals surface area contributed by atoms with Crippen LogP contribution in [0.15, 0.2) is 36.5 Å². The van der Waals surface area contributed by atoms with Crippen LogP contribution in [0.5, 0.6) is 0 Å². The van der Waals surface area contributed by atoms with E-state index >= 15 is 0 Å². The minimum atomic E-state index is 0.687. The second kappa shape index (κ2) is 3.98. The van der Waals surface area contributed by atoms with Crippen LogP contribution in [0, 0.1) is 11.8 Å². The van der Waals surface area contributed by atoms with E-state index in [9.17, 15) is 0 Å². The molecular formula is C16H18N2. The Kier molecular flexibility index (Phi) is 2.29. The van der Waals surface area contributed by atoms with Crippen molar-refractivity contribution in [2.45, 2.75) is 31.7 Å². The van der Waals surface area contributed by atoms with Crippen molar-refractivity contribution in [1.82, 2.24) is 4.98 Å². The van der Waals surface area contributed by atoms with Gasteiger partial charge in [-0.3, -0.25) is 4.98 Å². The molecule has 92 valence electrons. The van der Waals surface area contributed by atoms with Gasteiger partial charge in [0.2, 0.25) is 0 Å². The summed E-state index contributed by atoms with van der Waals surface area (Å²) in [5, 5.41) is 4.93. The van der Waals surface area contributed by atoms with Crippen LogP contribution in [0.2, 0.25) is 0 Å². The molecule has 2 fully saturated rings. The van der Waals surface area contributed by atoms with E-state index in [4.69, 9.17) is 0 Å². The molecule has 0 saturated heterocycles. The van der Waals surface area contributed by atoms with Gasteiger partial charge in [0.15, 0.2) is 0 Å². The van der Waals surface area contributed by atoms with Crippen LogP contribution in [0.4, 0.5) is 5.69 Å². The van der Waals surface area contributed by atoms with Gasteiger partial charge in [0.1, 0.15) is 0 Å². The third kappa shape index (κ3) is 1.67. The second-order valence-corrected chi connectivity index (χ2v) is 5.84. The molecule has 3 unspecified atom stereocenters. The number of nitrogens with one attached hydrogen (secondary N) is 1. The van der Waals surface area contributed by atoms with Crippen molar-refractivity contribution < 1.29 is 0 Å². The highest BCUT2D eigenvalue weighted by atomic mass is 15.0. The molecule has 3 atom stereocenters. The minimum Gasteiger partial charge on any atom is -0.381 e. The Balaban J connectivity index is 1.59. The number of hydrogen-bond acceptors (Lipinski definition) is 2. The van der Waals surface area contributed by atoms with Gasteiger partial charge in [0, 0.05) is 11.4 Å². The normalized spacial score (nSPS) is 29.9. The third-order valence-corrected chi connectivity index (χ3v) is 4.68. The predicted molar refractivity (Wildman–Crippen MR) is 74.6 cm³/mol. The standard InChI is InChI=1S/C16H18N2/c1-2-4-15-12(3-1)9-14(10-17-15)18-16-8-11-5-6-13(16)7-11/h1-4,9-11,13,16,18H,5-8H2. The van der Waals surface area contributed by atoms with E-state index in [0.29, 0.717) is 6.04 Å². The molecule has 0 radical (unpaired) electrons. The summed E-state index contributed by atoms with van der Waals surface area (Å²) in [7, 11) is 0. The van der Waals surface area contributed by atoms with Crippen LogP contribution in [-0.2, 0) is 0 Å². The van der Waals surface area contributed by atoms with Crippen LogP contribution in [0.25, 0.3) is 10.9 Å². The Morgan fingerprint density at radius 3 is 2.89 bits per heavy atom. The lowest BCUT2D eigenvalue weighted by atomic mass is 9.95. The number of aromatic nitrogens is 1. The number of rotatable bonds is 2. The largest absolute Gasteiger partial charge is 0.381 e. The van der Waals surface area contributed by atoms with Crippen molar-refractivity contribution in [1.29, 1.82) is 0 Å². The van der Waals surface area contributed by atoms with E-state index in [2.05, 4.69) is 34.6 Å². The van der Waals surface area contributed by atoms with Crippen molar-refractivity contribution in [2.24, 2.45) is 11.8 Å². The summed E-state index contributed by atoms with van der Waals surface area (Å²) in [6.07, 6.45) is 7.66. The average Bonchev–Trinajstić information content (AvgIpc) is 3.01. The SMILES string of the molecule is c1ccc2ncc(NC3CC4CCC3C4)cc2c1. The van der Waals surface area contributed by atoms with Crippen LogP contribution < -0.4 is 5.32 Å². The molecule has 18 heavy (non-hydrogen) atoms. The number of anilines is 1. The van der Waals surface area contributed by atoms with E-state index < -0.39 is 0 Å². The molecule has 2 heteroatoms. The van der Waals surface area contributed by atoms with Gasteiger partial charge in [-0.15, -0.1) is 0 Å². The maximum atomic E-state index is 4.52. The van der Waals surface area contributed by atoms with E-state index in [-0.39, 0.29) is 0 Å². The summed E-state index contributed by atoms with van der Waals surface area (Å²) in [5.41, 5.74) is 2.27. The number of hydrogen-bond donors (Lipinski definition) is 1. The molecule has 2 aromatic rings. The number of nitrogens with zero attached hydrogens (tertiary/aromatic N) is 1. The van der Waals surface area contributed by atoms with Gasteiger partial charge in [-0.2, -0.15) is 0 Å². The van der Waals surface area contributed by atoms with E-state index in [1.165, 1.54) is 36.8 Å². The van der Waals surface area contributed by atoms with Crippen LogP contribution in [0.1, 0.15) is 25.7 Å². The lowest BCUT2D eigenvalue weighted by Crippen LogP contribution is -2.25. The first-order valence-electron chi connectivity index (χ1n) is 7.00. The van der Waals surface area contributed by atoms with Crippen molar-refractivity contribution in [3.8, 4) is 0 Å². The lowest BCUT2D eigenvalue weighted by Gasteiger charge is -2.23. The minimum absolute atomic E-state index is 0.687. The predicted octanol–water partition coefficient (Wildman–Crippen LogP) is 3.84. The molecule has 4 rings (SSSR count). The Bertz CT molecular complexity index is 578. The number of benzene rings is 1. The van der Waals surface area contributed by atoms with Crippen molar-refractivity contribution in [2.75, 3.05) is 5.32 Å². The van der Waals surface area contributed by atoms with Crippen molar-refractivity contribution >= 4 is 16.6 Å². The van der Waals surface area contributed by atoms with E-state index in [0.717, 1.165) is 17.4 Å². The molecule has 0 amide bonds. The summed E-state index contributed by atoms with van der Waals surface area (Å²) in [6.45, 7) is 0. The van der Waals surface area contributed by atoms with Crippen LogP contribution in [-0.4, -0.2) is 11.0 Å². The highest BCUT2D eigenvalue weighted by Crippen LogP contribution is 2.45. The Morgan fingerprint density at radius 2 is 2.06 bits per heavy atom. The van der Waals surface area contributed by atoms with Gasteiger partial charge in [0.05, 0.1) is 17.4 Å². The summed E-state index contributed by atoms with van der Waals surface area (Å²) < 4.78 is 0. The Hall–Kier alpha value is -1.57. The van der Waals surface area contributed by atoms with Gasteiger partial charge in [-0.25, -0.2) is 0 Å². The summed E-state index contributed by atoms with van der Waals surface area (Å²) >= 11 is 0. The first-order valence-corrected chi connectivity index (χ1v) is 7.00. The molecule has 2 aliphatic rings. The summed E-state index contributed by atoms with van der Waals surface area (Å²) in [4.78, 5) is 4.52. The van der Waals surface area contributed by atoms with Gasteiger partial charge >= 0.3 is 0 Å². The van der Waals surface area contributed by atoms with Crippen LogP contribution >= 0.6 is 0 Å². The fourth-order valence-corrected chi connectivity index (χ4v) is 3.79. The van der Waals surface area contributed by atoms with Gasteiger partial charge in [0.25, 0.3) is 0 Å². The molecule has 0 aliphatic heterocycles. The third-order valence-electron chi connectivity index (χ3n) is 4.68. The van der Waals surface area contributed by atoms with Crippen LogP contribution in [0.3, 0.4) is 0 Å². The van der Waals surface area contributed by atoms with Gasteiger partial charge in [-0.05, 0) is 43.2 Å². The topological polar surface area (TPSA) is 24.9 Å². The number of para-hydroxylation sites is 1. The molecule has 1 heterocycles. The molecule has 1 N–H and O–H groups in total. The molecule has 2 saturated carbocycles. The second-order valence-electron chi connectivity index (χ2n) is 5.84. The quantitative estimate of drug-likeness (QED) is 0.860. The zero-order valence-electron chi connectivity index (χ0n) is 10.5. The summed E-state index contributed by atoms with van der Waals surface area (Å²) in [6, 6.07) is 11.2. The number of pyridine rings is 1. The number of fused-ring (bicyclic) bond motifs is 3. The van der Waals surface area contributed by atoms with Crippen molar-refractivity contribution in [3.05, 3.63) is 36.5 Å². The van der Waals surface area contributed by atoms with Crippen molar-refractivity contribution in [3.63, 3.8) is 0 Å². The zero-order valence-corrected chi connectivity index (χ0v) is 10.5. The first-order chi connectivity index (χ1) is 8.88. The van der Waals surface area contributed by atoms with Gasteiger partial charge < -0.3 is 5.32 Å². The molecule has 1 aromatic carbocycles. The monoisotopic (exact) mass is 238 g/mol. The molecule has 2 nitrogen and oxygen atoms in total. The highest BCUT2D eigenvalue weighted by Gasteiger charge is 2.39. The maximum absolute atomic E-state index is 4.52. The molecule has 0 spiro atoms. The molecule has 2 aliphatic carbocycles. The van der Waals surface area contributed by atoms with E-state index in [1.54, 1.807) is 0 Å². The van der Waals surface area contributed by atoms with E-state index in [1.807, 2.05) is 12.3 Å². The molecule has 2 bridgehead atoms. The fourth-order valence-electron chi connectivity index (χ4n) is 3.79. The molecule has 1 aromatic heterocycles. The summed E-state index contributed by atoms with van der Waals surface area (Å²) in [5.74, 6) is 1.89. The Morgan fingerprint density at radius 1 is 1.11 bits per heavy atom. The maximum Gasteiger partial charge on any atom is 0.0703 e. The molecular weight excluding hydrogens is 220 g/mol. The smallest absolute Gasteiger partial charge is 0.0703 e. The highest BCUT2D eigenvalue weighted by molar-refractivity contribution is 5.81. The van der Waals surface area contributed by atoms with Gasteiger partial charge in [-0.1, -0.05) is 24.6 Å².